The van der Waals surface area contributed by atoms with Gasteiger partial charge in [-0.15, -0.1) is 0 Å². The van der Waals surface area contributed by atoms with Crippen molar-refractivity contribution in [2.45, 2.75) is 37.3 Å². The number of nitrogens with zero attached hydrogens (tertiary/aromatic N) is 2. The van der Waals surface area contributed by atoms with Gasteiger partial charge in [-0.1, -0.05) is 0 Å². The molecule has 90 valence electrons. The third kappa shape index (κ3) is 1.36. The van der Waals surface area contributed by atoms with Gasteiger partial charge < -0.3 is 25.4 Å². The van der Waals surface area contributed by atoms with E-state index >= 15 is 0 Å². The minimum absolute atomic E-state index is 0.207. The number of nitrogens with two attached hydrogens (primary N) is 1. The second-order valence-electron chi connectivity index (χ2n) is 4.27. The van der Waals surface area contributed by atoms with Gasteiger partial charge in [0.25, 0.3) is 0 Å². The molecule has 0 amide bonds. The number of fused-ring (bicyclic) bond motifs is 3. The summed E-state index contributed by atoms with van der Waals surface area (Å²) in [5.74, 6) is 0.564. The van der Waals surface area contributed by atoms with Crippen molar-refractivity contribution in [3.8, 4) is 0 Å². The molecule has 0 aliphatic carbocycles. The van der Waals surface area contributed by atoms with E-state index in [2.05, 4.69) is 4.99 Å². The number of ether oxygens (including phenoxy) is 2. The van der Waals surface area contributed by atoms with Gasteiger partial charge in [0.2, 0.25) is 6.35 Å². The molecule has 0 saturated carbocycles. The maximum atomic E-state index is 9.86. The van der Waals surface area contributed by atoms with Crippen molar-refractivity contribution in [1.82, 2.24) is 4.90 Å². The van der Waals surface area contributed by atoms with Crippen LogP contribution in [0.1, 0.15) is 6.42 Å². The lowest BCUT2D eigenvalue weighted by atomic mass is 10.1. The number of aliphatic imine (C=N–C) groups is 1. The molecule has 0 aromatic rings. The second-order valence-corrected chi connectivity index (χ2v) is 4.27. The van der Waals surface area contributed by atoms with Gasteiger partial charge in [0.05, 0.1) is 12.4 Å². The maximum Gasteiger partial charge on any atom is 0.211 e. The summed E-state index contributed by atoms with van der Waals surface area (Å²) in [4.78, 5) is 6.07. The molecule has 3 aliphatic rings. The zero-order valence-corrected chi connectivity index (χ0v) is 8.69. The van der Waals surface area contributed by atoms with Gasteiger partial charge in [0, 0.05) is 13.0 Å². The zero-order valence-electron chi connectivity index (χ0n) is 8.69. The van der Waals surface area contributed by atoms with E-state index in [-0.39, 0.29) is 12.8 Å². The van der Waals surface area contributed by atoms with Crippen molar-refractivity contribution in [2.75, 3.05) is 13.2 Å². The predicted molar refractivity (Wildman–Crippen MR) is 53.4 cm³/mol. The largest absolute Gasteiger partial charge is 0.394 e. The molecule has 2 fully saturated rings. The van der Waals surface area contributed by atoms with Crippen molar-refractivity contribution < 1.29 is 19.7 Å². The molecule has 3 aliphatic heterocycles. The fourth-order valence-corrected chi connectivity index (χ4v) is 2.42. The smallest absolute Gasteiger partial charge is 0.211 e. The summed E-state index contributed by atoms with van der Waals surface area (Å²) in [6.45, 7) is 0.494. The summed E-state index contributed by atoms with van der Waals surface area (Å²) in [7, 11) is 0. The zero-order chi connectivity index (χ0) is 11.3. The molecular weight excluding hydrogens is 214 g/mol. The van der Waals surface area contributed by atoms with Crippen LogP contribution in [0.5, 0.6) is 0 Å². The third-order valence-electron chi connectivity index (χ3n) is 3.28. The van der Waals surface area contributed by atoms with E-state index in [1.807, 2.05) is 4.90 Å². The Morgan fingerprint density at radius 2 is 2.31 bits per heavy atom. The fourth-order valence-electron chi connectivity index (χ4n) is 2.42. The molecule has 3 heterocycles. The van der Waals surface area contributed by atoms with Gasteiger partial charge in [0.1, 0.15) is 24.5 Å². The molecule has 3 rings (SSSR count). The van der Waals surface area contributed by atoms with Crippen molar-refractivity contribution in [2.24, 2.45) is 10.7 Å². The second kappa shape index (κ2) is 3.64. The van der Waals surface area contributed by atoms with Gasteiger partial charge in [-0.25, -0.2) is 9.89 Å². The van der Waals surface area contributed by atoms with E-state index in [1.165, 1.54) is 0 Å². The van der Waals surface area contributed by atoms with Crippen LogP contribution in [0.2, 0.25) is 0 Å². The lowest BCUT2D eigenvalue weighted by Gasteiger charge is -2.28. The Kier molecular flexibility index (Phi) is 2.37. The van der Waals surface area contributed by atoms with Crippen LogP contribution in [0.3, 0.4) is 0 Å². The van der Waals surface area contributed by atoms with Crippen molar-refractivity contribution >= 4 is 5.84 Å². The first kappa shape index (κ1) is 10.4. The Labute approximate surface area is 92.5 Å². The monoisotopic (exact) mass is 229 g/mol. The molecule has 7 nitrogen and oxygen atoms in total. The van der Waals surface area contributed by atoms with Crippen molar-refractivity contribution in [3.63, 3.8) is 0 Å². The molecular formula is C9H15N3O4. The van der Waals surface area contributed by atoms with Crippen LogP contribution in [-0.4, -0.2) is 65.0 Å². The van der Waals surface area contributed by atoms with Crippen LogP contribution < -0.4 is 5.73 Å². The lowest BCUT2D eigenvalue weighted by Crippen LogP contribution is -2.44. The first-order chi connectivity index (χ1) is 7.70. The Bertz CT molecular complexity index is 324. The van der Waals surface area contributed by atoms with Gasteiger partial charge >= 0.3 is 0 Å². The van der Waals surface area contributed by atoms with E-state index in [0.29, 0.717) is 18.8 Å². The van der Waals surface area contributed by atoms with E-state index in [4.69, 9.17) is 20.3 Å². The molecule has 2 saturated heterocycles. The summed E-state index contributed by atoms with van der Waals surface area (Å²) < 4.78 is 11.1. The molecule has 7 heteroatoms. The number of hydrogen-bond donors (Lipinski definition) is 3. The average Bonchev–Trinajstić information content (AvgIpc) is 2.75. The number of aliphatic hydroxyl groups is 2. The molecule has 0 aromatic heterocycles. The number of amidine groups is 1. The average molecular weight is 229 g/mol. The van der Waals surface area contributed by atoms with Crippen LogP contribution in [0.15, 0.2) is 4.99 Å². The van der Waals surface area contributed by atoms with E-state index < -0.39 is 24.7 Å². The first-order valence-electron chi connectivity index (χ1n) is 5.38. The summed E-state index contributed by atoms with van der Waals surface area (Å²) in [6, 6.07) is 0. The van der Waals surface area contributed by atoms with Crippen molar-refractivity contribution in [1.29, 1.82) is 0 Å². The fraction of sp³-hybridized carbons (Fsp3) is 0.889. The van der Waals surface area contributed by atoms with Crippen LogP contribution in [0.25, 0.3) is 0 Å². The highest BCUT2D eigenvalue weighted by Gasteiger charge is 2.55. The van der Waals surface area contributed by atoms with Crippen LogP contribution in [0.4, 0.5) is 0 Å². The minimum atomic E-state index is -0.808. The molecule has 0 spiro atoms. The Morgan fingerprint density at radius 3 is 3.06 bits per heavy atom. The molecule has 5 atom stereocenters. The lowest BCUT2D eigenvalue weighted by molar-refractivity contribution is -0.106. The summed E-state index contributed by atoms with van der Waals surface area (Å²) >= 11 is 0. The van der Waals surface area contributed by atoms with E-state index in [9.17, 15) is 5.11 Å². The molecule has 0 radical (unpaired) electrons. The number of aliphatic hydroxyl groups excluding tert-OH is 2. The molecule has 0 aromatic carbocycles. The third-order valence-corrected chi connectivity index (χ3v) is 3.28. The van der Waals surface area contributed by atoms with Gasteiger partial charge in [0.15, 0.2) is 0 Å². The first-order valence-corrected chi connectivity index (χ1v) is 5.38. The van der Waals surface area contributed by atoms with Gasteiger partial charge in [-0.2, -0.15) is 0 Å². The highest BCUT2D eigenvalue weighted by molar-refractivity contribution is 5.81. The maximum absolute atomic E-state index is 9.86. The summed E-state index contributed by atoms with van der Waals surface area (Å²) in [5, 5.41) is 18.9. The Morgan fingerprint density at radius 1 is 1.50 bits per heavy atom. The Balaban J connectivity index is 1.80. The van der Waals surface area contributed by atoms with Gasteiger partial charge in [-0.05, 0) is 0 Å². The molecule has 2 unspecified atom stereocenters. The quantitative estimate of drug-likeness (QED) is 0.472. The van der Waals surface area contributed by atoms with E-state index in [0.717, 1.165) is 0 Å². The Hall–Kier alpha value is -0.730. The van der Waals surface area contributed by atoms with Crippen LogP contribution >= 0.6 is 0 Å². The SMILES string of the molecule is NC1=NC2OC3[C@@H](O)[C@@H](CO)O[C@H]3N2CC1. The standard InChI is InChI=1S/C9H15N3O4/c10-5-1-2-12-8-7(16-9(12)11-5)6(14)4(3-13)15-8/h4,6-9,13-14H,1-3H2,(H2,10,11)/t4-,6+,7?,8-,9?/m1/s1. The minimum Gasteiger partial charge on any atom is -0.394 e. The summed E-state index contributed by atoms with van der Waals surface area (Å²) in [5.41, 5.74) is 5.63. The highest BCUT2D eigenvalue weighted by Crippen LogP contribution is 2.36. The van der Waals surface area contributed by atoms with Crippen LogP contribution in [-0.2, 0) is 9.47 Å². The highest BCUT2D eigenvalue weighted by atomic mass is 16.6. The topological polar surface area (TPSA) is 101 Å². The predicted octanol–water partition coefficient (Wildman–Crippen LogP) is -2.19. The molecule has 4 N–H and O–H groups in total. The van der Waals surface area contributed by atoms with Crippen molar-refractivity contribution in [3.05, 3.63) is 0 Å². The van der Waals surface area contributed by atoms with Gasteiger partial charge in [-0.3, -0.25) is 0 Å². The summed E-state index contributed by atoms with van der Waals surface area (Å²) in [6.07, 6.45) is -1.92. The molecule has 16 heavy (non-hydrogen) atoms. The van der Waals surface area contributed by atoms with E-state index in [1.54, 1.807) is 0 Å². The normalized spacial score (nSPS) is 47.6. The molecule has 0 bridgehead atoms. The number of hydrogen-bond acceptors (Lipinski definition) is 7. The van der Waals surface area contributed by atoms with Crippen LogP contribution in [0, 0.1) is 0 Å². The number of rotatable bonds is 1.